The molecule has 0 aromatic heterocycles. The molecule has 2 fully saturated rings. The highest BCUT2D eigenvalue weighted by atomic mass is 16.2. The average Bonchev–Trinajstić information content (AvgIpc) is 3.44. The number of nitrogens with zero attached hydrogens (tertiary/aromatic N) is 2. The lowest BCUT2D eigenvalue weighted by atomic mass is 10.0. The number of rotatable bonds is 8. The summed E-state index contributed by atoms with van der Waals surface area (Å²) < 4.78 is 0. The summed E-state index contributed by atoms with van der Waals surface area (Å²) in [5.74, 6) is 1.81. The SMILES string of the molecule is CN=C(NCCCCC1CCCC1)NCc1cccc(NC(=O)N2CCCC2)c1. The molecule has 160 valence electrons. The number of nitrogens with one attached hydrogen (secondary N) is 3. The van der Waals surface area contributed by atoms with Crippen LogP contribution >= 0.6 is 0 Å². The van der Waals surface area contributed by atoms with Crippen LogP contribution in [0, 0.1) is 5.92 Å². The van der Waals surface area contributed by atoms with Crippen LogP contribution < -0.4 is 16.0 Å². The summed E-state index contributed by atoms with van der Waals surface area (Å²) in [4.78, 5) is 18.5. The number of anilines is 1. The Labute approximate surface area is 175 Å². The molecule has 6 heteroatoms. The van der Waals surface area contributed by atoms with Gasteiger partial charge in [0.1, 0.15) is 0 Å². The van der Waals surface area contributed by atoms with Crippen molar-refractivity contribution in [2.45, 2.75) is 64.3 Å². The lowest BCUT2D eigenvalue weighted by Crippen LogP contribution is -2.37. The third kappa shape index (κ3) is 7.26. The fraction of sp³-hybridized carbons (Fsp3) is 0.652. The summed E-state index contributed by atoms with van der Waals surface area (Å²) in [6.07, 6.45) is 11.8. The zero-order valence-electron chi connectivity index (χ0n) is 17.9. The van der Waals surface area contributed by atoms with Gasteiger partial charge in [-0.1, -0.05) is 50.7 Å². The highest BCUT2D eigenvalue weighted by Gasteiger charge is 2.17. The summed E-state index contributed by atoms with van der Waals surface area (Å²) in [5.41, 5.74) is 1.96. The smallest absolute Gasteiger partial charge is 0.321 e. The van der Waals surface area contributed by atoms with Gasteiger partial charge < -0.3 is 20.9 Å². The normalized spacial score (nSPS) is 17.6. The van der Waals surface area contributed by atoms with E-state index < -0.39 is 0 Å². The van der Waals surface area contributed by atoms with E-state index in [4.69, 9.17) is 0 Å². The maximum absolute atomic E-state index is 12.3. The maximum Gasteiger partial charge on any atom is 0.321 e. The number of unbranched alkanes of at least 4 members (excludes halogenated alkanes) is 1. The molecule has 1 heterocycles. The van der Waals surface area contributed by atoms with Crippen molar-refractivity contribution in [2.24, 2.45) is 10.9 Å². The Morgan fingerprint density at radius 2 is 1.90 bits per heavy atom. The van der Waals surface area contributed by atoms with Gasteiger partial charge in [-0.2, -0.15) is 0 Å². The van der Waals surface area contributed by atoms with Crippen LogP contribution in [0.2, 0.25) is 0 Å². The van der Waals surface area contributed by atoms with Gasteiger partial charge in [-0.05, 0) is 42.9 Å². The molecule has 0 unspecified atom stereocenters. The van der Waals surface area contributed by atoms with Gasteiger partial charge in [0, 0.05) is 38.9 Å². The number of likely N-dealkylation sites (tertiary alicyclic amines) is 1. The summed E-state index contributed by atoms with van der Waals surface area (Å²) in [5, 5.41) is 9.79. The lowest BCUT2D eigenvalue weighted by molar-refractivity contribution is 0.222. The standard InChI is InChI=1S/C23H37N5O/c1-24-22(25-14-5-4-11-19-9-2-3-10-19)26-18-20-12-8-13-21(17-20)27-23(29)28-15-6-7-16-28/h8,12-13,17,19H,2-7,9-11,14-16,18H2,1H3,(H,27,29)(H2,24,25,26). The molecular formula is C23H37N5O. The topological polar surface area (TPSA) is 68.8 Å². The van der Waals surface area contributed by atoms with E-state index in [1.807, 2.05) is 23.1 Å². The number of carbonyl (C=O) groups is 1. The van der Waals surface area contributed by atoms with Gasteiger partial charge in [0.15, 0.2) is 5.96 Å². The molecule has 1 aliphatic carbocycles. The molecule has 1 aromatic carbocycles. The second-order valence-electron chi connectivity index (χ2n) is 8.32. The summed E-state index contributed by atoms with van der Waals surface area (Å²) in [6, 6.07) is 8.01. The van der Waals surface area contributed by atoms with Gasteiger partial charge in [0.2, 0.25) is 0 Å². The van der Waals surface area contributed by atoms with Crippen molar-refractivity contribution in [3.8, 4) is 0 Å². The molecule has 0 spiro atoms. The molecule has 0 atom stereocenters. The van der Waals surface area contributed by atoms with Crippen LogP contribution in [0.5, 0.6) is 0 Å². The van der Waals surface area contributed by atoms with Gasteiger partial charge in [0.25, 0.3) is 0 Å². The van der Waals surface area contributed by atoms with Gasteiger partial charge >= 0.3 is 6.03 Å². The molecule has 2 amide bonds. The van der Waals surface area contributed by atoms with Crippen molar-refractivity contribution in [3.05, 3.63) is 29.8 Å². The Morgan fingerprint density at radius 3 is 2.66 bits per heavy atom. The molecule has 1 saturated heterocycles. The zero-order chi connectivity index (χ0) is 20.3. The number of amides is 2. The second-order valence-corrected chi connectivity index (χ2v) is 8.32. The predicted octanol–water partition coefficient (Wildman–Crippen LogP) is 4.34. The monoisotopic (exact) mass is 399 g/mol. The largest absolute Gasteiger partial charge is 0.356 e. The van der Waals surface area contributed by atoms with Crippen molar-refractivity contribution in [2.75, 3.05) is 32.0 Å². The maximum atomic E-state index is 12.3. The van der Waals surface area contributed by atoms with Crippen LogP contribution in [-0.4, -0.2) is 43.6 Å². The molecule has 0 bridgehead atoms. The molecule has 2 aliphatic rings. The van der Waals surface area contributed by atoms with E-state index in [2.05, 4.69) is 27.0 Å². The number of urea groups is 1. The minimum atomic E-state index is 0.00249. The van der Waals surface area contributed by atoms with Crippen molar-refractivity contribution >= 4 is 17.7 Å². The first-order valence-corrected chi connectivity index (χ1v) is 11.3. The molecule has 3 N–H and O–H groups in total. The first kappa shape index (κ1) is 21.5. The van der Waals surface area contributed by atoms with Crippen LogP contribution in [0.25, 0.3) is 0 Å². The lowest BCUT2D eigenvalue weighted by Gasteiger charge is -2.17. The number of aliphatic imine (C=N–C) groups is 1. The van der Waals surface area contributed by atoms with Gasteiger partial charge in [-0.25, -0.2) is 4.79 Å². The first-order chi connectivity index (χ1) is 14.2. The van der Waals surface area contributed by atoms with Crippen LogP contribution in [-0.2, 0) is 6.54 Å². The number of hydrogen-bond acceptors (Lipinski definition) is 2. The van der Waals surface area contributed by atoms with E-state index in [1.54, 1.807) is 7.05 Å². The van der Waals surface area contributed by atoms with Crippen LogP contribution in [0.1, 0.15) is 63.4 Å². The van der Waals surface area contributed by atoms with Gasteiger partial charge in [-0.15, -0.1) is 0 Å². The minimum Gasteiger partial charge on any atom is -0.356 e. The highest BCUT2D eigenvalue weighted by molar-refractivity contribution is 5.89. The average molecular weight is 400 g/mol. The molecule has 1 aliphatic heterocycles. The number of benzene rings is 1. The van der Waals surface area contributed by atoms with Crippen molar-refractivity contribution < 1.29 is 4.79 Å². The predicted molar refractivity (Wildman–Crippen MR) is 120 cm³/mol. The van der Waals surface area contributed by atoms with E-state index in [-0.39, 0.29) is 6.03 Å². The Morgan fingerprint density at radius 1 is 1.10 bits per heavy atom. The molecule has 1 aromatic rings. The van der Waals surface area contributed by atoms with E-state index in [0.29, 0.717) is 6.54 Å². The fourth-order valence-corrected chi connectivity index (χ4v) is 4.35. The Kier molecular flexibility index (Phi) is 8.65. The number of carbonyl (C=O) groups excluding carboxylic acids is 1. The summed E-state index contributed by atoms with van der Waals surface area (Å²) in [6.45, 7) is 3.35. The quantitative estimate of drug-likeness (QED) is 0.346. The van der Waals surface area contributed by atoms with Crippen LogP contribution in [0.4, 0.5) is 10.5 Å². The zero-order valence-corrected chi connectivity index (χ0v) is 17.9. The first-order valence-electron chi connectivity index (χ1n) is 11.3. The van der Waals surface area contributed by atoms with Crippen molar-refractivity contribution in [1.29, 1.82) is 0 Å². The summed E-state index contributed by atoms with van der Waals surface area (Å²) in [7, 11) is 1.81. The number of guanidine groups is 1. The van der Waals surface area contributed by atoms with E-state index in [1.165, 1.54) is 44.9 Å². The Hall–Kier alpha value is -2.24. The molecular weight excluding hydrogens is 362 g/mol. The van der Waals surface area contributed by atoms with Crippen LogP contribution in [0.3, 0.4) is 0 Å². The van der Waals surface area contributed by atoms with Crippen molar-refractivity contribution in [3.63, 3.8) is 0 Å². The van der Waals surface area contributed by atoms with Gasteiger partial charge in [0.05, 0.1) is 0 Å². The van der Waals surface area contributed by atoms with Crippen LogP contribution in [0.15, 0.2) is 29.3 Å². The Balaban J connectivity index is 1.35. The highest BCUT2D eigenvalue weighted by Crippen LogP contribution is 2.28. The van der Waals surface area contributed by atoms with Gasteiger partial charge in [-0.3, -0.25) is 4.99 Å². The number of hydrogen-bond donors (Lipinski definition) is 3. The minimum absolute atomic E-state index is 0.00249. The Bertz CT molecular complexity index is 663. The third-order valence-corrected chi connectivity index (χ3v) is 6.06. The summed E-state index contributed by atoms with van der Waals surface area (Å²) >= 11 is 0. The second kappa shape index (κ2) is 11.7. The molecule has 3 rings (SSSR count). The molecule has 29 heavy (non-hydrogen) atoms. The van der Waals surface area contributed by atoms with E-state index in [0.717, 1.165) is 55.6 Å². The molecule has 6 nitrogen and oxygen atoms in total. The third-order valence-electron chi connectivity index (χ3n) is 6.06. The molecule has 1 saturated carbocycles. The van der Waals surface area contributed by atoms with E-state index in [9.17, 15) is 4.79 Å². The fourth-order valence-electron chi connectivity index (χ4n) is 4.35. The van der Waals surface area contributed by atoms with E-state index >= 15 is 0 Å². The van der Waals surface area contributed by atoms with Crippen molar-refractivity contribution in [1.82, 2.24) is 15.5 Å². The molecule has 0 radical (unpaired) electrons.